The van der Waals surface area contributed by atoms with Gasteiger partial charge in [0.1, 0.15) is 0 Å². The van der Waals surface area contributed by atoms with Crippen molar-refractivity contribution in [3.05, 3.63) is 70.2 Å². The lowest BCUT2D eigenvalue weighted by atomic mass is 9.99. The minimum Gasteiger partial charge on any atom is -0.349 e. The monoisotopic (exact) mass is 441 g/mol. The van der Waals surface area contributed by atoms with Crippen molar-refractivity contribution in [2.45, 2.75) is 44.7 Å². The van der Waals surface area contributed by atoms with Crippen LogP contribution in [0.25, 0.3) is 0 Å². The number of carbonyl (C=O) groups excluding carboxylic acids is 2. The highest BCUT2D eigenvalue weighted by Crippen LogP contribution is 2.21. The molecule has 0 saturated heterocycles. The molecule has 1 aliphatic rings. The maximum absolute atomic E-state index is 12.6. The molecular formula is C25H32ClN3O2. The van der Waals surface area contributed by atoms with E-state index >= 15 is 0 Å². The fourth-order valence-corrected chi connectivity index (χ4v) is 4.06. The molecule has 0 radical (unpaired) electrons. The first kappa shape index (κ1) is 23.3. The van der Waals surface area contributed by atoms with Crippen molar-refractivity contribution in [2.24, 2.45) is 0 Å². The summed E-state index contributed by atoms with van der Waals surface area (Å²) in [6, 6.07) is 15.8. The predicted octanol–water partition coefficient (Wildman–Crippen LogP) is 4.20. The summed E-state index contributed by atoms with van der Waals surface area (Å²) in [5.41, 5.74) is 3.60. The summed E-state index contributed by atoms with van der Waals surface area (Å²) in [5, 5.41) is 3.82. The number of hydrogen-bond donors (Lipinski definition) is 1. The van der Waals surface area contributed by atoms with Crippen LogP contribution < -0.4 is 5.32 Å². The van der Waals surface area contributed by atoms with Gasteiger partial charge in [-0.15, -0.1) is 0 Å². The Balaban J connectivity index is 1.47. The van der Waals surface area contributed by atoms with E-state index in [1.807, 2.05) is 55.4 Å². The molecule has 1 atom stereocenters. The third kappa shape index (κ3) is 7.08. The Hall–Kier alpha value is -2.37. The Morgan fingerprint density at radius 2 is 1.77 bits per heavy atom. The van der Waals surface area contributed by atoms with Gasteiger partial charge in [0.05, 0.1) is 6.04 Å². The second kappa shape index (κ2) is 11.3. The van der Waals surface area contributed by atoms with Crippen LogP contribution in [0.5, 0.6) is 0 Å². The zero-order valence-electron chi connectivity index (χ0n) is 18.4. The molecule has 1 aliphatic heterocycles. The first-order chi connectivity index (χ1) is 14.9. The summed E-state index contributed by atoms with van der Waals surface area (Å²) in [5.74, 6) is 0.111. The molecule has 0 aliphatic carbocycles. The van der Waals surface area contributed by atoms with Crippen molar-refractivity contribution < 1.29 is 9.59 Å². The average Bonchev–Trinajstić information content (AvgIpc) is 2.76. The van der Waals surface area contributed by atoms with E-state index in [2.05, 4.69) is 22.3 Å². The number of hydrogen-bond acceptors (Lipinski definition) is 3. The van der Waals surface area contributed by atoms with Gasteiger partial charge in [0.15, 0.2) is 0 Å². The molecule has 0 saturated carbocycles. The van der Waals surface area contributed by atoms with Gasteiger partial charge in [-0.3, -0.25) is 9.59 Å². The molecule has 0 aromatic heterocycles. The van der Waals surface area contributed by atoms with Crippen molar-refractivity contribution in [3.63, 3.8) is 0 Å². The predicted molar refractivity (Wildman–Crippen MR) is 125 cm³/mol. The third-order valence-electron chi connectivity index (χ3n) is 5.75. The summed E-state index contributed by atoms with van der Waals surface area (Å²) in [7, 11) is 4.04. The molecule has 3 rings (SSSR count). The van der Waals surface area contributed by atoms with Crippen molar-refractivity contribution in [1.82, 2.24) is 15.1 Å². The van der Waals surface area contributed by atoms with Crippen molar-refractivity contribution in [2.75, 3.05) is 27.2 Å². The van der Waals surface area contributed by atoms with E-state index in [0.717, 1.165) is 31.5 Å². The van der Waals surface area contributed by atoms with E-state index in [1.165, 1.54) is 11.1 Å². The number of rotatable bonds is 9. The molecule has 2 aromatic carbocycles. The first-order valence-electron chi connectivity index (χ1n) is 11.0. The smallest absolute Gasteiger partial charge is 0.222 e. The second-order valence-corrected chi connectivity index (χ2v) is 8.89. The van der Waals surface area contributed by atoms with E-state index in [4.69, 9.17) is 11.6 Å². The highest BCUT2D eigenvalue weighted by atomic mass is 35.5. The van der Waals surface area contributed by atoms with Crippen LogP contribution in [0.3, 0.4) is 0 Å². The van der Waals surface area contributed by atoms with Gasteiger partial charge in [-0.25, -0.2) is 0 Å². The van der Waals surface area contributed by atoms with Crippen molar-refractivity contribution >= 4 is 23.4 Å². The number of nitrogens with zero attached hydrogens (tertiary/aromatic N) is 2. The second-order valence-electron chi connectivity index (χ2n) is 8.45. The summed E-state index contributed by atoms with van der Waals surface area (Å²) >= 11 is 6.01. The topological polar surface area (TPSA) is 52.7 Å². The molecule has 0 spiro atoms. The molecule has 6 heteroatoms. The fraction of sp³-hybridized carbons (Fsp3) is 0.440. The van der Waals surface area contributed by atoms with Gasteiger partial charge in [0, 0.05) is 31.0 Å². The molecule has 2 aromatic rings. The highest BCUT2D eigenvalue weighted by Gasteiger charge is 2.21. The highest BCUT2D eigenvalue weighted by molar-refractivity contribution is 6.30. The molecule has 1 unspecified atom stereocenters. The maximum Gasteiger partial charge on any atom is 0.222 e. The Kier molecular flexibility index (Phi) is 8.50. The lowest BCUT2D eigenvalue weighted by Gasteiger charge is -2.29. The standard InChI is InChI=1S/C25H32ClN3O2/c1-28(2)16-15-23(20-10-12-22(26)13-11-20)27-24(30)8-5-9-25(31)29-17-14-19-6-3-4-7-21(19)18-29/h3-4,6-7,10-13,23H,5,8-9,14-18H2,1-2H3,(H,27,30). The normalized spacial score (nSPS) is 14.3. The van der Waals surface area contributed by atoms with E-state index in [-0.39, 0.29) is 17.9 Å². The van der Waals surface area contributed by atoms with Crippen LogP contribution in [-0.2, 0) is 22.6 Å². The van der Waals surface area contributed by atoms with Crippen LogP contribution in [0.2, 0.25) is 5.02 Å². The first-order valence-corrected chi connectivity index (χ1v) is 11.3. The summed E-state index contributed by atoms with van der Waals surface area (Å²) in [6.45, 7) is 2.29. The minimum atomic E-state index is -0.0681. The summed E-state index contributed by atoms with van der Waals surface area (Å²) < 4.78 is 0. The number of fused-ring (bicyclic) bond motifs is 1. The summed E-state index contributed by atoms with van der Waals surface area (Å²) in [6.07, 6.45) is 3.02. The van der Waals surface area contributed by atoms with Crippen LogP contribution in [0.4, 0.5) is 0 Å². The van der Waals surface area contributed by atoms with E-state index in [0.29, 0.717) is 30.8 Å². The summed E-state index contributed by atoms with van der Waals surface area (Å²) in [4.78, 5) is 29.2. The van der Waals surface area contributed by atoms with Gasteiger partial charge >= 0.3 is 0 Å². The third-order valence-corrected chi connectivity index (χ3v) is 6.00. The van der Waals surface area contributed by atoms with E-state index < -0.39 is 0 Å². The quantitative estimate of drug-likeness (QED) is 0.634. The van der Waals surface area contributed by atoms with Gasteiger partial charge in [-0.05, 0) is 68.7 Å². The zero-order valence-corrected chi connectivity index (χ0v) is 19.2. The lowest BCUT2D eigenvalue weighted by Crippen LogP contribution is -2.36. The Labute approximate surface area is 190 Å². The number of carbonyl (C=O) groups is 2. The van der Waals surface area contributed by atoms with Crippen LogP contribution in [0, 0.1) is 0 Å². The SMILES string of the molecule is CN(C)CCC(NC(=O)CCCC(=O)N1CCc2ccccc2C1)c1ccc(Cl)cc1. The van der Waals surface area contributed by atoms with Crippen molar-refractivity contribution in [3.8, 4) is 0 Å². The molecule has 0 fully saturated rings. The molecule has 0 bridgehead atoms. The molecule has 31 heavy (non-hydrogen) atoms. The van der Waals surface area contributed by atoms with Gasteiger partial charge < -0.3 is 15.1 Å². The van der Waals surface area contributed by atoms with Gasteiger partial charge in [-0.1, -0.05) is 48.0 Å². The molecule has 166 valence electrons. The van der Waals surface area contributed by atoms with Gasteiger partial charge in [0.2, 0.25) is 11.8 Å². The molecule has 1 N–H and O–H groups in total. The molecular weight excluding hydrogens is 410 g/mol. The fourth-order valence-electron chi connectivity index (χ4n) is 3.94. The van der Waals surface area contributed by atoms with Crippen molar-refractivity contribution in [1.29, 1.82) is 0 Å². The van der Waals surface area contributed by atoms with Crippen LogP contribution in [0.15, 0.2) is 48.5 Å². The van der Waals surface area contributed by atoms with Crippen LogP contribution >= 0.6 is 11.6 Å². The van der Waals surface area contributed by atoms with E-state index in [1.54, 1.807) is 0 Å². The van der Waals surface area contributed by atoms with E-state index in [9.17, 15) is 9.59 Å². The maximum atomic E-state index is 12.6. The average molecular weight is 442 g/mol. The number of halogens is 1. The molecule has 5 nitrogen and oxygen atoms in total. The lowest BCUT2D eigenvalue weighted by molar-refractivity contribution is -0.132. The van der Waals surface area contributed by atoms with Crippen LogP contribution in [-0.4, -0.2) is 48.8 Å². The Bertz CT molecular complexity index is 883. The van der Waals surface area contributed by atoms with Gasteiger partial charge in [0.25, 0.3) is 0 Å². The minimum absolute atomic E-state index is 0.0181. The largest absolute Gasteiger partial charge is 0.349 e. The number of amides is 2. The molecule has 1 heterocycles. The number of benzene rings is 2. The number of nitrogens with one attached hydrogen (secondary N) is 1. The van der Waals surface area contributed by atoms with Gasteiger partial charge in [-0.2, -0.15) is 0 Å². The van der Waals surface area contributed by atoms with Crippen LogP contribution in [0.1, 0.15) is 48.4 Å². The zero-order chi connectivity index (χ0) is 22.2. The Morgan fingerprint density at radius 3 is 2.48 bits per heavy atom. The molecule has 2 amide bonds. The Morgan fingerprint density at radius 1 is 1.06 bits per heavy atom.